The number of nitrogens with one attached hydrogen (secondary N) is 2. The molecule has 0 atom stereocenters. The van der Waals surface area contributed by atoms with Gasteiger partial charge in [-0.2, -0.15) is 0 Å². The van der Waals surface area contributed by atoms with E-state index in [9.17, 15) is 4.79 Å². The third kappa shape index (κ3) is 3.48. The smallest absolute Gasteiger partial charge is 0.226 e. The lowest BCUT2D eigenvalue weighted by molar-refractivity contribution is -0.137. The third-order valence-electron chi connectivity index (χ3n) is 3.48. The van der Waals surface area contributed by atoms with Gasteiger partial charge in [0, 0.05) is 12.0 Å². The van der Waals surface area contributed by atoms with Gasteiger partial charge in [-0.15, -0.1) is 0 Å². The number of hydrogen-bond acceptors (Lipinski definition) is 2. The molecule has 94 valence electrons. The van der Waals surface area contributed by atoms with Crippen LogP contribution in [0.15, 0.2) is 0 Å². The lowest BCUT2D eigenvalue weighted by atomic mass is 9.64. The van der Waals surface area contributed by atoms with Crippen LogP contribution in [0, 0.1) is 11.3 Å². The van der Waals surface area contributed by atoms with E-state index >= 15 is 0 Å². The van der Waals surface area contributed by atoms with Gasteiger partial charge in [0.1, 0.15) is 0 Å². The molecular formula is C13H26N2O. The zero-order valence-electron chi connectivity index (χ0n) is 10.9. The van der Waals surface area contributed by atoms with Crippen molar-refractivity contribution in [2.24, 2.45) is 11.3 Å². The second-order valence-corrected chi connectivity index (χ2v) is 5.44. The van der Waals surface area contributed by atoms with Gasteiger partial charge in [-0.1, -0.05) is 20.3 Å². The van der Waals surface area contributed by atoms with Crippen molar-refractivity contribution in [1.29, 1.82) is 0 Å². The summed E-state index contributed by atoms with van der Waals surface area (Å²) in [6.45, 7) is 6.18. The van der Waals surface area contributed by atoms with E-state index in [0.717, 1.165) is 38.8 Å². The zero-order valence-corrected chi connectivity index (χ0v) is 10.9. The summed E-state index contributed by atoms with van der Waals surface area (Å²) in [6.07, 6.45) is 5.45. The van der Waals surface area contributed by atoms with E-state index in [2.05, 4.69) is 24.5 Å². The molecule has 0 aromatic carbocycles. The molecular weight excluding hydrogens is 200 g/mol. The van der Waals surface area contributed by atoms with Crippen LogP contribution < -0.4 is 10.6 Å². The highest BCUT2D eigenvalue weighted by atomic mass is 16.2. The highest BCUT2D eigenvalue weighted by Crippen LogP contribution is 2.46. The summed E-state index contributed by atoms with van der Waals surface area (Å²) in [6, 6.07) is 0. The second kappa shape index (κ2) is 6.24. The van der Waals surface area contributed by atoms with Gasteiger partial charge in [0.2, 0.25) is 5.91 Å². The lowest BCUT2D eigenvalue weighted by Gasteiger charge is -2.41. The van der Waals surface area contributed by atoms with E-state index in [1.54, 1.807) is 0 Å². The number of hydrogen-bond donors (Lipinski definition) is 2. The van der Waals surface area contributed by atoms with Crippen molar-refractivity contribution < 1.29 is 4.79 Å². The Morgan fingerprint density at radius 3 is 2.44 bits per heavy atom. The molecule has 0 radical (unpaired) electrons. The predicted octanol–water partition coefficient (Wildman–Crippen LogP) is 1.93. The van der Waals surface area contributed by atoms with Crippen LogP contribution in [0.2, 0.25) is 0 Å². The van der Waals surface area contributed by atoms with Crippen LogP contribution in [-0.2, 0) is 4.79 Å². The minimum atomic E-state index is -0.0200. The van der Waals surface area contributed by atoms with Crippen LogP contribution in [-0.4, -0.2) is 26.0 Å². The minimum absolute atomic E-state index is 0.0200. The first-order valence-corrected chi connectivity index (χ1v) is 6.53. The molecule has 0 aromatic heterocycles. The average molecular weight is 226 g/mol. The van der Waals surface area contributed by atoms with Crippen LogP contribution in [0.1, 0.15) is 46.0 Å². The van der Waals surface area contributed by atoms with Crippen LogP contribution in [0.3, 0.4) is 0 Å². The standard InChI is InChI=1S/C13H26N2O/c1-11(2)10-13(6-4-7-13)12(16)15-9-5-8-14-3/h11,14H,4-10H2,1-3H3,(H,15,16). The molecule has 1 amide bonds. The SMILES string of the molecule is CNCCCNC(=O)C1(CC(C)C)CCC1. The van der Waals surface area contributed by atoms with Crippen LogP contribution in [0.4, 0.5) is 0 Å². The van der Waals surface area contributed by atoms with E-state index in [4.69, 9.17) is 0 Å². The fourth-order valence-electron chi connectivity index (χ4n) is 2.56. The number of amides is 1. The molecule has 0 saturated heterocycles. The molecule has 3 heteroatoms. The van der Waals surface area contributed by atoms with Gasteiger partial charge >= 0.3 is 0 Å². The molecule has 1 aliphatic carbocycles. The van der Waals surface area contributed by atoms with Crippen molar-refractivity contribution in [3.63, 3.8) is 0 Å². The fourth-order valence-corrected chi connectivity index (χ4v) is 2.56. The van der Waals surface area contributed by atoms with Crippen molar-refractivity contribution in [2.45, 2.75) is 46.0 Å². The Kier molecular flexibility index (Phi) is 5.26. The minimum Gasteiger partial charge on any atom is -0.356 e. The fraction of sp³-hybridized carbons (Fsp3) is 0.923. The Morgan fingerprint density at radius 2 is 2.00 bits per heavy atom. The molecule has 1 aliphatic rings. The third-order valence-corrected chi connectivity index (χ3v) is 3.48. The summed E-state index contributed by atoms with van der Waals surface area (Å²) < 4.78 is 0. The first-order chi connectivity index (χ1) is 7.60. The van der Waals surface area contributed by atoms with Gasteiger partial charge in [0.25, 0.3) is 0 Å². The molecule has 1 fully saturated rings. The van der Waals surface area contributed by atoms with Crippen molar-refractivity contribution in [3.8, 4) is 0 Å². The monoisotopic (exact) mass is 226 g/mol. The summed E-state index contributed by atoms with van der Waals surface area (Å²) in [5.74, 6) is 0.909. The second-order valence-electron chi connectivity index (χ2n) is 5.44. The molecule has 16 heavy (non-hydrogen) atoms. The first-order valence-electron chi connectivity index (χ1n) is 6.53. The Morgan fingerprint density at radius 1 is 1.31 bits per heavy atom. The van der Waals surface area contributed by atoms with Gasteiger partial charge in [0.05, 0.1) is 0 Å². The molecule has 0 bridgehead atoms. The highest BCUT2D eigenvalue weighted by Gasteiger charge is 2.43. The van der Waals surface area contributed by atoms with E-state index in [0.29, 0.717) is 11.8 Å². The number of rotatable bonds is 7. The molecule has 1 saturated carbocycles. The van der Waals surface area contributed by atoms with Gasteiger partial charge in [-0.05, 0) is 45.2 Å². The number of carbonyl (C=O) groups excluding carboxylic acids is 1. The lowest BCUT2D eigenvalue weighted by Crippen LogP contribution is -2.46. The zero-order chi connectivity index (χ0) is 12.0. The van der Waals surface area contributed by atoms with E-state index in [1.807, 2.05) is 7.05 Å². The molecule has 0 aromatic rings. The van der Waals surface area contributed by atoms with E-state index in [-0.39, 0.29) is 5.41 Å². The molecule has 0 heterocycles. The first kappa shape index (κ1) is 13.5. The predicted molar refractivity (Wildman–Crippen MR) is 67.3 cm³/mol. The van der Waals surface area contributed by atoms with Crippen LogP contribution in [0.25, 0.3) is 0 Å². The Bertz CT molecular complexity index is 222. The summed E-state index contributed by atoms with van der Waals surface area (Å²) in [4.78, 5) is 12.1. The maximum atomic E-state index is 12.1. The van der Waals surface area contributed by atoms with Gasteiger partial charge in [0.15, 0.2) is 0 Å². The summed E-state index contributed by atoms with van der Waals surface area (Å²) in [5.41, 5.74) is -0.0200. The van der Waals surface area contributed by atoms with Crippen molar-refractivity contribution >= 4 is 5.91 Å². The van der Waals surface area contributed by atoms with Gasteiger partial charge < -0.3 is 10.6 Å². The van der Waals surface area contributed by atoms with Gasteiger partial charge in [-0.3, -0.25) is 4.79 Å². The molecule has 1 rings (SSSR count). The van der Waals surface area contributed by atoms with E-state index in [1.165, 1.54) is 6.42 Å². The molecule has 3 nitrogen and oxygen atoms in total. The summed E-state index contributed by atoms with van der Waals surface area (Å²) in [5, 5.41) is 6.18. The Hall–Kier alpha value is -0.570. The van der Waals surface area contributed by atoms with E-state index < -0.39 is 0 Å². The van der Waals surface area contributed by atoms with Crippen LogP contribution >= 0.6 is 0 Å². The Balaban J connectivity index is 2.32. The van der Waals surface area contributed by atoms with Crippen molar-refractivity contribution in [2.75, 3.05) is 20.1 Å². The summed E-state index contributed by atoms with van der Waals surface area (Å²) in [7, 11) is 1.94. The molecule has 0 spiro atoms. The van der Waals surface area contributed by atoms with Gasteiger partial charge in [-0.25, -0.2) is 0 Å². The van der Waals surface area contributed by atoms with Crippen molar-refractivity contribution in [1.82, 2.24) is 10.6 Å². The van der Waals surface area contributed by atoms with Crippen LogP contribution in [0.5, 0.6) is 0 Å². The largest absolute Gasteiger partial charge is 0.356 e. The Labute approximate surface area is 99.4 Å². The summed E-state index contributed by atoms with van der Waals surface area (Å²) >= 11 is 0. The number of carbonyl (C=O) groups is 1. The molecule has 0 unspecified atom stereocenters. The molecule has 0 aliphatic heterocycles. The maximum Gasteiger partial charge on any atom is 0.226 e. The van der Waals surface area contributed by atoms with Crippen molar-refractivity contribution in [3.05, 3.63) is 0 Å². The normalized spacial score (nSPS) is 18.2. The topological polar surface area (TPSA) is 41.1 Å². The maximum absolute atomic E-state index is 12.1. The molecule has 2 N–H and O–H groups in total. The highest BCUT2D eigenvalue weighted by molar-refractivity contribution is 5.83. The average Bonchev–Trinajstić information content (AvgIpc) is 2.17. The quantitative estimate of drug-likeness (QED) is 0.651.